The molecule has 0 spiro atoms. The van der Waals surface area contributed by atoms with Gasteiger partial charge in [0.15, 0.2) is 4.80 Å². The van der Waals surface area contributed by atoms with Crippen LogP contribution in [0.3, 0.4) is 0 Å². The predicted molar refractivity (Wildman–Crippen MR) is 131 cm³/mol. The van der Waals surface area contributed by atoms with Crippen molar-refractivity contribution in [3.63, 3.8) is 0 Å². The van der Waals surface area contributed by atoms with E-state index in [-0.39, 0.29) is 11.8 Å². The first-order chi connectivity index (χ1) is 15.6. The normalized spacial score (nSPS) is 12.1. The second kappa shape index (κ2) is 10.1. The Labute approximate surface area is 192 Å². The number of rotatable bonds is 7. The molecular formula is C27H28N2O2S. The number of ether oxygens (including phenoxy) is 1. The second-order valence-electron chi connectivity index (χ2n) is 8.02. The van der Waals surface area contributed by atoms with Crippen molar-refractivity contribution in [3.05, 3.63) is 99.9 Å². The Bertz CT molecular complexity index is 1230. The predicted octanol–water partition coefficient (Wildman–Crippen LogP) is 5.62. The van der Waals surface area contributed by atoms with Crippen LogP contribution in [0.5, 0.6) is 0 Å². The Morgan fingerprint density at radius 2 is 1.56 bits per heavy atom. The number of carbonyl (C=O) groups excluding carboxylic acids is 1. The Balaban J connectivity index is 1.73. The maximum atomic E-state index is 13.2. The van der Waals surface area contributed by atoms with Crippen LogP contribution in [0, 0.1) is 13.8 Å². The fraction of sp³-hybridized carbons (Fsp3) is 0.259. The molecule has 1 amide bonds. The quantitative estimate of drug-likeness (QED) is 0.372. The van der Waals surface area contributed by atoms with Gasteiger partial charge in [0.05, 0.1) is 16.8 Å². The summed E-state index contributed by atoms with van der Waals surface area (Å²) in [5.41, 5.74) is 5.81. The summed E-state index contributed by atoms with van der Waals surface area (Å²) in [6.07, 6.45) is 0.324. The van der Waals surface area contributed by atoms with Crippen LogP contribution in [-0.4, -0.2) is 24.2 Å². The van der Waals surface area contributed by atoms with Gasteiger partial charge in [0, 0.05) is 26.0 Å². The molecule has 4 nitrogen and oxygen atoms in total. The maximum Gasteiger partial charge on any atom is 0.249 e. The van der Waals surface area contributed by atoms with Crippen LogP contribution >= 0.6 is 11.3 Å². The summed E-state index contributed by atoms with van der Waals surface area (Å²) in [7, 11) is 1.69. The molecule has 5 heteroatoms. The lowest BCUT2D eigenvalue weighted by Crippen LogP contribution is -2.20. The number of nitrogens with zero attached hydrogens (tertiary/aromatic N) is 2. The molecule has 0 N–H and O–H groups in total. The van der Waals surface area contributed by atoms with Crippen molar-refractivity contribution in [2.24, 2.45) is 4.99 Å². The molecule has 4 rings (SSSR count). The molecule has 0 aliphatic rings. The number of methoxy groups -OCH3 is 1. The Kier molecular flexibility index (Phi) is 6.98. The fourth-order valence-corrected chi connectivity index (χ4v) is 5.08. The smallest absolute Gasteiger partial charge is 0.249 e. The lowest BCUT2D eigenvalue weighted by Gasteiger charge is -2.16. The summed E-state index contributed by atoms with van der Waals surface area (Å²) in [4.78, 5) is 18.5. The molecule has 4 aromatic rings. The van der Waals surface area contributed by atoms with Crippen LogP contribution in [0.1, 0.15) is 34.6 Å². The molecule has 0 fully saturated rings. The largest absolute Gasteiger partial charge is 0.383 e. The van der Waals surface area contributed by atoms with E-state index in [2.05, 4.69) is 59.8 Å². The van der Waals surface area contributed by atoms with Crippen LogP contribution in [0.2, 0.25) is 0 Å². The van der Waals surface area contributed by atoms with Crippen molar-refractivity contribution in [2.75, 3.05) is 13.7 Å². The summed E-state index contributed by atoms with van der Waals surface area (Å²) in [6, 6.07) is 24.7. The van der Waals surface area contributed by atoms with Crippen molar-refractivity contribution in [1.29, 1.82) is 0 Å². The van der Waals surface area contributed by atoms with Crippen molar-refractivity contribution < 1.29 is 9.53 Å². The molecule has 0 radical (unpaired) electrons. The van der Waals surface area contributed by atoms with Gasteiger partial charge in [0.1, 0.15) is 0 Å². The number of hydrogen-bond acceptors (Lipinski definition) is 3. The van der Waals surface area contributed by atoms with Crippen molar-refractivity contribution in [1.82, 2.24) is 4.57 Å². The van der Waals surface area contributed by atoms with E-state index in [0.29, 0.717) is 19.6 Å². The zero-order valence-corrected chi connectivity index (χ0v) is 19.6. The second-order valence-corrected chi connectivity index (χ2v) is 9.03. The highest BCUT2D eigenvalue weighted by molar-refractivity contribution is 7.16. The number of carbonyl (C=O) groups is 1. The maximum absolute atomic E-state index is 13.2. The van der Waals surface area contributed by atoms with E-state index in [0.717, 1.165) is 26.1 Å². The van der Waals surface area contributed by atoms with Crippen LogP contribution in [0.15, 0.2) is 77.8 Å². The van der Waals surface area contributed by atoms with Crippen LogP contribution < -0.4 is 4.80 Å². The van der Waals surface area contributed by atoms with Crippen molar-refractivity contribution in [2.45, 2.75) is 32.7 Å². The molecule has 0 atom stereocenters. The van der Waals surface area contributed by atoms with Gasteiger partial charge in [-0.2, -0.15) is 4.99 Å². The van der Waals surface area contributed by atoms with E-state index in [4.69, 9.17) is 4.74 Å². The Morgan fingerprint density at radius 1 is 0.969 bits per heavy atom. The number of thiazole rings is 1. The number of hydrogen-bond donors (Lipinski definition) is 0. The van der Waals surface area contributed by atoms with E-state index >= 15 is 0 Å². The van der Waals surface area contributed by atoms with Gasteiger partial charge in [-0.3, -0.25) is 4.79 Å². The molecule has 164 valence electrons. The summed E-state index contributed by atoms with van der Waals surface area (Å²) in [5.74, 6) is -0.145. The molecule has 0 bridgehead atoms. The van der Waals surface area contributed by atoms with Gasteiger partial charge in [-0.05, 0) is 48.2 Å². The van der Waals surface area contributed by atoms with Crippen molar-refractivity contribution in [3.8, 4) is 0 Å². The highest BCUT2D eigenvalue weighted by atomic mass is 32.1. The minimum atomic E-state index is -0.117. The van der Waals surface area contributed by atoms with Gasteiger partial charge in [0.25, 0.3) is 0 Å². The first-order valence-corrected chi connectivity index (χ1v) is 11.7. The van der Waals surface area contributed by atoms with E-state index in [1.165, 1.54) is 11.1 Å². The molecule has 0 aliphatic heterocycles. The summed E-state index contributed by atoms with van der Waals surface area (Å²) < 4.78 is 8.56. The molecule has 0 saturated carbocycles. The fourth-order valence-electron chi connectivity index (χ4n) is 3.93. The molecular weight excluding hydrogens is 416 g/mol. The summed E-state index contributed by atoms with van der Waals surface area (Å²) >= 11 is 1.56. The molecule has 1 heterocycles. The lowest BCUT2D eigenvalue weighted by molar-refractivity contribution is -0.118. The zero-order valence-electron chi connectivity index (χ0n) is 18.7. The summed E-state index contributed by atoms with van der Waals surface area (Å²) in [5, 5.41) is 0. The van der Waals surface area contributed by atoms with E-state index in [1.807, 2.05) is 36.4 Å². The minimum absolute atomic E-state index is 0.0278. The zero-order chi connectivity index (χ0) is 22.5. The van der Waals surface area contributed by atoms with Gasteiger partial charge in [-0.15, -0.1) is 0 Å². The van der Waals surface area contributed by atoms with Crippen LogP contribution in [-0.2, 0) is 16.1 Å². The SMILES string of the molecule is COCCn1c(=NC(=O)CC(c2ccccc2)c2ccccc2)sc2cc(C)c(C)cc21. The molecule has 0 aliphatic carbocycles. The highest BCUT2D eigenvalue weighted by Crippen LogP contribution is 2.28. The van der Waals surface area contributed by atoms with E-state index in [1.54, 1.807) is 18.4 Å². The van der Waals surface area contributed by atoms with Gasteiger partial charge in [0.2, 0.25) is 5.91 Å². The Morgan fingerprint density at radius 3 is 2.16 bits per heavy atom. The number of fused-ring (bicyclic) bond motifs is 1. The topological polar surface area (TPSA) is 43.6 Å². The first kappa shape index (κ1) is 22.2. The molecule has 3 aromatic carbocycles. The van der Waals surface area contributed by atoms with Gasteiger partial charge in [-0.25, -0.2) is 0 Å². The number of aromatic nitrogens is 1. The molecule has 32 heavy (non-hydrogen) atoms. The molecule has 0 unspecified atom stereocenters. The van der Waals surface area contributed by atoms with Gasteiger partial charge in [-0.1, -0.05) is 72.0 Å². The van der Waals surface area contributed by atoms with Gasteiger partial charge >= 0.3 is 0 Å². The van der Waals surface area contributed by atoms with E-state index in [9.17, 15) is 4.79 Å². The molecule has 1 aromatic heterocycles. The lowest BCUT2D eigenvalue weighted by atomic mass is 9.88. The average Bonchev–Trinajstić information content (AvgIpc) is 3.13. The molecule has 0 saturated heterocycles. The van der Waals surface area contributed by atoms with Crippen LogP contribution in [0.25, 0.3) is 10.2 Å². The minimum Gasteiger partial charge on any atom is -0.383 e. The highest BCUT2D eigenvalue weighted by Gasteiger charge is 2.18. The average molecular weight is 445 g/mol. The summed E-state index contributed by atoms with van der Waals surface area (Å²) in [6.45, 7) is 5.45. The Hall–Kier alpha value is -3.02. The third-order valence-electron chi connectivity index (χ3n) is 5.82. The number of aryl methyl sites for hydroxylation is 2. The third kappa shape index (κ3) is 4.90. The monoisotopic (exact) mass is 444 g/mol. The third-order valence-corrected chi connectivity index (χ3v) is 6.86. The van der Waals surface area contributed by atoms with Crippen LogP contribution in [0.4, 0.5) is 0 Å². The number of amides is 1. The standard InChI is InChI=1S/C27H28N2O2S/c1-19-16-24-25(17-20(19)2)32-27(29(24)14-15-31-3)28-26(30)18-23(21-10-6-4-7-11-21)22-12-8-5-9-13-22/h4-13,16-17,23H,14-15,18H2,1-3H3. The van der Waals surface area contributed by atoms with E-state index < -0.39 is 0 Å². The van der Waals surface area contributed by atoms with Gasteiger partial charge < -0.3 is 9.30 Å². The number of benzene rings is 3. The van der Waals surface area contributed by atoms with Crippen molar-refractivity contribution >= 4 is 27.5 Å². The first-order valence-electron chi connectivity index (χ1n) is 10.8.